The number of carbonyl (C=O) groups excluding carboxylic acids is 1. The van der Waals surface area contributed by atoms with E-state index in [4.69, 9.17) is 11.0 Å². The predicted molar refractivity (Wildman–Crippen MR) is 76.6 cm³/mol. The summed E-state index contributed by atoms with van der Waals surface area (Å²) < 4.78 is 17.8. The van der Waals surface area contributed by atoms with E-state index < -0.39 is 11.8 Å². The number of benzene rings is 2. The van der Waals surface area contributed by atoms with Crippen LogP contribution in [0.4, 0.5) is 21.5 Å². The number of methoxy groups -OCH3 is 1. The molecular formula is C15H12FN3O2. The molecule has 0 radical (unpaired) electrons. The smallest absolute Gasteiger partial charge is 0.340 e. The fourth-order valence-electron chi connectivity index (χ4n) is 1.84. The van der Waals surface area contributed by atoms with Crippen molar-refractivity contribution in [3.63, 3.8) is 0 Å². The van der Waals surface area contributed by atoms with Crippen molar-refractivity contribution < 1.29 is 13.9 Å². The molecule has 0 aromatic heterocycles. The summed E-state index contributed by atoms with van der Waals surface area (Å²) in [6.07, 6.45) is 0. The Balaban J connectivity index is 2.50. The van der Waals surface area contributed by atoms with Gasteiger partial charge >= 0.3 is 5.97 Å². The summed E-state index contributed by atoms with van der Waals surface area (Å²) in [7, 11) is 1.26. The van der Waals surface area contributed by atoms with Gasteiger partial charge in [0.15, 0.2) is 0 Å². The SMILES string of the molecule is COC(=O)c1cccc(N)c1Nc1ccc(F)cc1C#N. The third-order valence-electron chi connectivity index (χ3n) is 2.86. The van der Waals surface area contributed by atoms with Crippen LogP contribution in [-0.4, -0.2) is 13.1 Å². The number of ether oxygens (including phenoxy) is 1. The van der Waals surface area contributed by atoms with Crippen LogP contribution in [0.15, 0.2) is 36.4 Å². The van der Waals surface area contributed by atoms with Gasteiger partial charge in [-0.25, -0.2) is 9.18 Å². The van der Waals surface area contributed by atoms with E-state index in [-0.39, 0.29) is 11.1 Å². The Labute approximate surface area is 120 Å². The molecule has 0 atom stereocenters. The molecule has 0 fully saturated rings. The van der Waals surface area contributed by atoms with Gasteiger partial charge in [-0.15, -0.1) is 0 Å². The van der Waals surface area contributed by atoms with E-state index >= 15 is 0 Å². The van der Waals surface area contributed by atoms with Gasteiger partial charge in [0.2, 0.25) is 0 Å². The summed E-state index contributed by atoms with van der Waals surface area (Å²) in [6, 6.07) is 10.3. The largest absolute Gasteiger partial charge is 0.465 e. The maximum Gasteiger partial charge on any atom is 0.340 e. The molecule has 0 saturated carbocycles. The minimum Gasteiger partial charge on any atom is -0.465 e. The van der Waals surface area contributed by atoms with Crippen molar-refractivity contribution in [2.45, 2.75) is 0 Å². The molecule has 0 aliphatic rings. The molecule has 0 unspecified atom stereocenters. The van der Waals surface area contributed by atoms with E-state index in [2.05, 4.69) is 10.1 Å². The number of nitrogens with two attached hydrogens (primary N) is 1. The van der Waals surface area contributed by atoms with Gasteiger partial charge in [-0.2, -0.15) is 5.26 Å². The Hall–Kier alpha value is -3.07. The van der Waals surface area contributed by atoms with E-state index in [1.807, 2.05) is 6.07 Å². The van der Waals surface area contributed by atoms with Crippen LogP contribution in [0.1, 0.15) is 15.9 Å². The van der Waals surface area contributed by atoms with Crippen molar-refractivity contribution >= 4 is 23.0 Å². The molecule has 0 amide bonds. The van der Waals surface area contributed by atoms with Crippen LogP contribution in [0.3, 0.4) is 0 Å². The Morgan fingerprint density at radius 2 is 2.14 bits per heavy atom. The highest BCUT2D eigenvalue weighted by Gasteiger charge is 2.15. The van der Waals surface area contributed by atoms with E-state index in [0.717, 1.165) is 6.07 Å². The Morgan fingerprint density at radius 1 is 1.38 bits per heavy atom. The van der Waals surface area contributed by atoms with Crippen molar-refractivity contribution in [1.82, 2.24) is 0 Å². The number of hydrogen-bond acceptors (Lipinski definition) is 5. The number of nitrogens with one attached hydrogen (secondary N) is 1. The zero-order chi connectivity index (χ0) is 15.4. The van der Waals surface area contributed by atoms with Gasteiger partial charge < -0.3 is 15.8 Å². The van der Waals surface area contributed by atoms with Crippen LogP contribution in [0, 0.1) is 17.1 Å². The second-order valence-electron chi connectivity index (χ2n) is 4.19. The predicted octanol–water partition coefficient (Wildman–Crippen LogP) is 2.81. The third-order valence-corrected chi connectivity index (χ3v) is 2.86. The quantitative estimate of drug-likeness (QED) is 0.668. The minimum atomic E-state index is -0.564. The lowest BCUT2D eigenvalue weighted by Gasteiger charge is -2.14. The number of esters is 1. The summed E-state index contributed by atoms with van der Waals surface area (Å²) in [5.41, 5.74) is 7.16. The summed E-state index contributed by atoms with van der Waals surface area (Å²) in [5.74, 6) is -1.09. The molecule has 0 heterocycles. The molecule has 3 N–H and O–H groups in total. The average molecular weight is 285 g/mol. The number of hydrogen-bond donors (Lipinski definition) is 2. The highest BCUT2D eigenvalue weighted by Crippen LogP contribution is 2.29. The molecule has 0 bridgehead atoms. The topological polar surface area (TPSA) is 88.1 Å². The van der Waals surface area contributed by atoms with Crippen LogP contribution in [0.25, 0.3) is 0 Å². The molecule has 106 valence electrons. The van der Waals surface area contributed by atoms with Gasteiger partial charge in [0.05, 0.1) is 35.3 Å². The first kappa shape index (κ1) is 14.3. The van der Waals surface area contributed by atoms with Crippen molar-refractivity contribution in [1.29, 1.82) is 5.26 Å². The fourth-order valence-corrected chi connectivity index (χ4v) is 1.84. The number of para-hydroxylation sites is 1. The average Bonchev–Trinajstić information content (AvgIpc) is 2.49. The minimum absolute atomic E-state index is 0.106. The standard InChI is InChI=1S/C15H12FN3O2/c1-21-15(20)11-3-2-4-12(18)14(11)19-13-6-5-10(16)7-9(13)8-17/h2-7,19H,18H2,1H3. The van der Waals surface area contributed by atoms with E-state index in [1.165, 1.54) is 19.2 Å². The number of nitriles is 1. The number of anilines is 3. The zero-order valence-corrected chi connectivity index (χ0v) is 11.2. The van der Waals surface area contributed by atoms with Gasteiger partial charge in [0.1, 0.15) is 11.9 Å². The molecule has 0 saturated heterocycles. The van der Waals surface area contributed by atoms with Gasteiger partial charge in [0, 0.05) is 0 Å². The van der Waals surface area contributed by atoms with Gasteiger partial charge in [-0.1, -0.05) is 6.07 Å². The van der Waals surface area contributed by atoms with E-state index in [0.29, 0.717) is 17.1 Å². The summed E-state index contributed by atoms with van der Waals surface area (Å²) in [4.78, 5) is 11.7. The monoisotopic (exact) mass is 285 g/mol. The van der Waals surface area contributed by atoms with Gasteiger partial charge in [-0.3, -0.25) is 0 Å². The zero-order valence-electron chi connectivity index (χ0n) is 11.2. The van der Waals surface area contributed by atoms with Crippen molar-refractivity contribution in [2.75, 3.05) is 18.2 Å². The van der Waals surface area contributed by atoms with Crippen LogP contribution < -0.4 is 11.1 Å². The molecule has 0 aliphatic heterocycles. The Morgan fingerprint density at radius 3 is 2.81 bits per heavy atom. The number of nitrogen functional groups attached to an aromatic ring is 1. The second-order valence-corrected chi connectivity index (χ2v) is 4.19. The van der Waals surface area contributed by atoms with Gasteiger partial charge in [-0.05, 0) is 30.3 Å². The van der Waals surface area contributed by atoms with Crippen LogP contribution in [0.2, 0.25) is 0 Å². The van der Waals surface area contributed by atoms with Crippen LogP contribution in [0.5, 0.6) is 0 Å². The molecule has 0 spiro atoms. The van der Waals surface area contributed by atoms with Crippen molar-refractivity contribution in [3.05, 3.63) is 53.3 Å². The normalized spacial score (nSPS) is 9.76. The molecule has 0 aliphatic carbocycles. The number of carbonyl (C=O) groups is 1. The highest BCUT2D eigenvalue weighted by molar-refractivity contribution is 6.00. The van der Waals surface area contributed by atoms with Gasteiger partial charge in [0.25, 0.3) is 0 Å². The molecule has 5 nitrogen and oxygen atoms in total. The maximum atomic E-state index is 13.1. The maximum absolute atomic E-state index is 13.1. The molecule has 6 heteroatoms. The number of rotatable bonds is 3. The first-order valence-corrected chi connectivity index (χ1v) is 6.00. The Kier molecular flexibility index (Phi) is 4.05. The Bertz CT molecular complexity index is 738. The van der Waals surface area contributed by atoms with Crippen LogP contribution in [-0.2, 0) is 4.74 Å². The number of nitrogens with zero attached hydrogens (tertiary/aromatic N) is 1. The van der Waals surface area contributed by atoms with E-state index in [9.17, 15) is 9.18 Å². The van der Waals surface area contributed by atoms with Crippen LogP contribution >= 0.6 is 0 Å². The highest BCUT2D eigenvalue weighted by atomic mass is 19.1. The van der Waals surface area contributed by atoms with Crippen molar-refractivity contribution in [3.8, 4) is 6.07 Å². The number of halogens is 1. The lowest BCUT2D eigenvalue weighted by Crippen LogP contribution is -2.08. The van der Waals surface area contributed by atoms with Crippen molar-refractivity contribution in [2.24, 2.45) is 0 Å². The first-order valence-electron chi connectivity index (χ1n) is 6.00. The summed E-state index contributed by atoms with van der Waals surface area (Å²) in [5, 5.41) is 11.9. The second kappa shape index (κ2) is 5.92. The summed E-state index contributed by atoms with van der Waals surface area (Å²) >= 11 is 0. The first-order chi connectivity index (χ1) is 10.1. The molecule has 2 rings (SSSR count). The van der Waals surface area contributed by atoms with E-state index in [1.54, 1.807) is 18.2 Å². The molecular weight excluding hydrogens is 273 g/mol. The molecule has 21 heavy (non-hydrogen) atoms. The molecule has 2 aromatic rings. The third kappa shape index (κ3) is 2.92. The molecule has 2 aromatic carbocycles. The lowest BCUT2D eigenvalue weighted by atomic mass is 10.1. The fraction of sp³-hybridized carbons (Fsp3) is 0.0667. The lowest BCUT2D eigenvalue weighted by molar-refractivity contribution is 0.0602. The summed E-state index contributed by atoms with van der Waals surface area (Å²) in [6.45, 7) is 0.